The molecule has 1 amide bonds. The van der Waals surface area contributed by atoms with E-state index in [0.717, 1.165) is 44.0 Å². The number of hydrogen-bond donors (Lipinski definition) is 1. The molecule has 0 spiro atoms. The molecule has 0 aliphatic carbocycles. The van der Waals surface area contributed by atoms with Crippen LogP contribution in [0, 0.1) is 5.41 Å². The molecule has 4 nitrogen and oxygen atoms in total. The van der Waals surface area contributed by atoms with E-state index in [-0.39, 0.29) is 11.3 Å². The van der Waals surface area contributed by atoms with E-state index in [1.165, 1.54) is 0 Å². The van der Waals surface area contributed by atoms with Crippen LogP contribution in [0.1, 0.15) is 51.6 Å². The highest BCUT2D eigenvalue weighted by atomic mass is 16.3. The van der Waals surface area contributed by atoms with Gasteiger partial charge in [-0.05, 0) is 36.9 Å². The topological polar surface area (TPSA) is 45.5 Å². The van der Waals surface area contributed by atoms with E-state index in [0.29, 0.717) is 13.0 Å². The number of nitrogens with zero attached hydrogens (tertiary/aromatic N) is 1. The van der Waals surface area contributed by atoms with Crippen LogP contribution in [-0.2, 0) is 17.9 Å². The fourth-order valence-electron chi connectivity index (χ4n) is 2.50. The third kappa shape index (κ3) is 4.10. The van der Waals surface area contributed by atoms with Crippen LogP contribution >= 0.6 is 0 Å². The predicted molar refractivity (Wildman–Crippen MR) is 79.1 cm³/mol. The molecule has 0 bridgehead atoms. The van der Waals surface area contributed by atoms with Gasteiger partial charge in [-0.25, -0.2) is 0 Å². The lowest BCUT2D eigenvalue weighted by Gasteiger charge is -2.22. The monoisotopic (exact) mass is 278 g/mol. The van der Waals surface area contributed by atoms with Crippen LogP contribution in [0.25, 0.3) is 0 Å². The molecule has 0 unspecified atom stereocenters. The smallest absolute Gasteiger partial charge is 0.222 e. The van der Waals surface area contributed by atoms with Crippen LogP contribution in [0.5, 0.6) is 0 Å². The van der Waals surface area contributed by atoms with Crippen molar-refractivity contribution in [1.82, 2.24) is 10.2 Å². The molecule has 1 aromatic rings. The van der Waals surface area contributed by atoms with Crippen LogP contribution in [0.3, 0.4) is 0 Å². The largest absolute Gasteiger partial charge is 0.463 e. The number of likely N-dealkylation sites (tertiary alicyclic amines) is 1. The summed E-state index contributed by atoms with van der Waals surface area (Å²) in [5, 5.41) is 3.24. The van der Waals surface area contributed by atoms with Crippen LogP contribution in [-0.4, -0.2) is 23.9 Å². The highest BCUT2D eigenvalue weighted by Gasteiger charge is 2.27. The van der Waals surface area contributed by atoms with Gasteiger partial charge in [0.1, 0.15) is 11.5 Å². The predicted octanol–water partition coefficient (Wildman–Crippen LogP) is 2.93. The maximum atomic E-state index is 12.2. The Balaban J connectivity index is 1.94. The Hall–Kier alpha value is -1.29. The normalized spacial score (nSPS) is 19.1. The van der Waals surface area contributed by atoms with Crippen molar-refractivity contribution in [3.8, 4) is 0 Å². The second kappa shape index (κ2) is 6.44. The number of amides is 1. The van der Waals surface area contributed by atoms with Crippen LogP contribution < -0.4 is 5.32 Å². The molecule has 0 radical (unpaired) electrons. The summed E-state index contributed by atoms with van der Waals surface area (Å²) in [4.78, 5) is 14.1. The zero-order chi connectivity index (χ0) is 14.6. The molecule has 4 heteroatoms. The average molecular weight is 278 g/mol. The number of carbonyl (C=O) groups excluding carboxylic acids is 1. The Labute approximate surface area is 121 Å². The molecule has 1 N–H and O–H groups in total. The van der Waals surface area contributed by atoms with Gasteiger partial charge in [0.15, 0.2) is 0 Å². The number of carbonyl (C=O) groups is 1. The molecule has 1 fully saturated rings. The van der Waals surface area contributed by atoms with E-state index in [1.54, 1.807) is 0 Å². The molecule has 20 heavy (non-hydrogen) atoms. The summed E-state index contributed by atoms with van der Waals surface area (Å²) in [6, 6.07) is 3.97. The van der Waals surface area contributed by atoms with Gasteiger partial charge in [0.25, 0.3) is 0 Å². The minimum absolute atomic E-state index is 0.250. The van der Waals surface area contributed by atoms with Crippen molar-refractivity contribution in [2.24, 2.45) is 5.41 Å². The lowest BCUT2D eigenvalue weighted by Crippen LogP contribution is -2.29. The van der Waals surface area contributed by atoms with Crippen molar-refractivity contribution >= 4 is 5.91 Å². The Kier molecular flexibility index (Phi) is 4.86. The molecule has 112 valence electrons. The molecule has 0 atom stereocenters. The maximum Gasteiger partial charge on any atom is 0.222 e. The zero-order valence-corrected chi connectivity index (χ0v) is 12.9. The number of nitrogens with one attached hydrogen (secondary N) is 1. The van der Waals surface area contributed by atoms with Gasteiger partial charge in [-0.3, -0.25) is 4.79 Å². The molecule has 1 saturated heterocycles. The summed E-state index contributed by atoms with van der Waals surface area (Å²) in [6.45, 7) is 9.65. The number of furan rings is 1. The summed E-state index contributed by atoms with van der Waals surface area (Å²) in [5.74, 6) is 2.07. The first-order valence-electron chi connectivity index (χ1n) is 7.56. The summed E-state index contributed by atoms with van der Waals surface area (Å²) >= 11 is 0. The first-order valence-corrected chi connectivity index (χ1v) is 7.56. The summed E-state index contributed by atoms with van der Waals surface area (Å²) < 4.78 is 5.77. The van der Waals surface area contributed by atoms with Gasteiger partial charge >= 0.3 is 0 Å². The Morgan fingerprint density at radius 3 is 2.80 bits per heavy atom. The Bertz CT molecular complexity index is 451. The van der Waals surface area contributed by atoms with Crippen molar-refractivity contribution < 1.29 is 9.21 Å². The third-order valence-corrected chi connectivity index (χ3v) is 4.04. The number of rotatable bonds is 5. The SMILES string of the molecule is CCNCc1ccc(CN2CCC(C)(C)CCC2=O)o1. The Morgan fingerprint density at radius 2 is 2.05 bits per heavy atom. The van der Waals surface area contributed by atoms with Gasteiger partial charge < -0.3 is 14.6 Å². The van der Waals surface area contributed by atoms with Crippen molar-refractivity contribution in [3.63, 3.8) is 0 Å². The van der Waals surface area contributed by atoms with Gasteiger partial charge in [0.2, 0.25) is 5.91 Å². The first-order chi connectivity index (χ1) is 9.50. The van der Waals surface area contributed by atoms with Crippen molar-refractivity contribution in [2.75, 3.05) is 13.1 Å². The molecular formula is C16H26N2O2. The lowest BCUT2D eigenvalue weighted by molar-refractivity contribution is -0.131. The van der Waals surface area contributed by atoms with Crippen LogP contribution in [0.2, 0.25) is 0 Å². The standard InChI is InChI=1S/C16H26N2O2/c1-4-17-11-13-5-6-14(20-13)12-18-10-9-16(2,3)8-7-15(18)19/h5-6,17H,4,7-12H2,1-3H3. The molecular weight excluding hydrogens is 252 g/mol. The summed E-state index contributed by atoms with van der Waals surface area (Å²) in [7, 11) is 0. The molecule has 1 aliphatic heterocycles. The van der Waals surface area contributed by atoms with Crippen LogP contribution in [0.4, 0.5) is 0 Å². The molecule has 0 aromatic carbocycles. The summed E-state index contributed by atoms with van der Waals surface area (Å²) in [6.07, 6.45) is 2.69. The minimum Gasteiger partial charge on any atom is -0.463 e. The second-order valence-electron chi connectivity index (χ2n) is 6.38. The van der Waals surface area contributed by atoms with E-state index in [9.17, 15) is 4.79 Å². The fourth-order valence-corrected chi connectivity index (χ4v) is 2.50. The fraction of sp³-hybridized carbons (Fsp3) is 0.688. The minimum atomic E-state index is 0.250. The lowest BCUT2D eigenvalue weighted by atomic mass is 9.85. The summed E-state index contributed by atoms with van der Waals surface area (Å²) in [5.41, 5.74) is 0.268. The van der Waals surface area contributed by atoms with Gasteiger partial charge in [0.05, 0.1) is 13.1 Å². The van der Waals surface area contributed by atoms with Crippen LogP contribution in [0.15, 0.2) is 16.5 Å². The van der Waals surface area contributed by atoms with E-state index >= 15 is 0 Å². The second-order valence-corrected chi connectivity index (χ2v) is 6.38. The number of hydrogen-bond acceptors (Lipinski definition) is 3. The molecule has 2 heterocycles. The van der Waals surface area contributed by atoms with E-state index in [2.05, 4.69) is 26.1 Å². The van der Waals surface area contributed by atoms with Gasteiger partial charge in [-0.15, -0.1) is 0 Å². The Morgan fingerprint density at radius 1 is 1.30 bits per heavy atom. The molecule has 1 aromatic heterocycles. The van der Waals surface area contributed by atoms with E-state index < -0.39 is 0 Å². The molecule has 1 aliphatic rings. The van der Waals surface area contributed by atoms with Gasteiger partial charge in [-0.2, -0.15) is 0 Å². The quantitative estimate of drug-likeness (QED) is 0.900. The van der Waals surface area contributed by atoms with Gasteiger partial charge in [0, 0.05) is 13.0 Å². The average Bonchev–Trinajstić information content (AvgIpc) is 2.81. The molecule has 2 rings (SSSR count). The maximum absolute atomic E-state index is 12.2. The molecule has 0 saturated carbocycles. The van der Waals surface area contributed by atoms with E-state index in [4.69, 9.17) is 4.42 Å². The van der Waals surface area contributed by atoms with E-state index in [1.807, 2.05) is 17.0 Å². The van der Waals surface area contributed by atoms with Crippen molar-refractivity contribution in [1.29, 1.82) is 0 Å². The van der Waals surface area contributed by atoms with Crippen molar-refractivity contribution in [3.05, 3.63) is 23.7 Å². The highest BCUT2D eigenvalue weighted by Crippen LogP contribution is 2.30. The highest BCUT2D eigenvalue weighted by molar-refractivity contribution is 5.76. The first kappa shape index (κ1) is 15.1. The van der Waals surface area contributed by atoms with Crippen molar-refractivity contribution in [2.45, 2.75) is 53.1 Å². The zero-order valence-electron chi connectivity index (χ0n) is 12.9. The van der Waals surface area contributed by atoms with Gasteiger partial charge in [-0.1, -0.05) is 20.8 Å². The third-order valence-electron chi connectivity index (χ3n) is 4.04.